The molecule has 3 aromatic rings. The lowest BCUT2D eigenvalue weighted by atomic mass is 10.4. The molecule has 118 valence electrons. The summed E-state index contributed by atoms with van der Waals surface area (Å²) >= 11 is 16.1. The summed E-state index contributed by atoms with van der Waals surface area (Å²) < 4.78 is 0.720. The first-order chi connectivity index (χ1) is 11.1. The Balaban J connectivity index is 1.56. The molecule has 0 aliphatic heterocycles. The molecule has 0 aliphatic rings. The van der Waals surface area contributed by atoms with E-state index in [0.29, 0.717) is 15.9 Å². The third-order valence-electron chi connectivity index (χ3n) is 2.76. The molecule has 1 amide bonds. The molecule has 3 rings (SSSR count). The molecular formula is C15H10Cl2N2OS3. The van der Waals surface area contributed by atoms with Gasteiger partial charge in [0.05, 0.1) is 20.7 Å². The van der Waals surface area contributed by atoms with E-state index in [9.17, 15) is 4.79 Å². The van der Waals surface area contributed by atoms with E-state index in [-0.39, 0.29) is 5.91 Å². The van der Waals surface area contributed by atoms with Crippen LogP contribution in [-0.2, 0) is 4.79 Å². The smallest absolute Gasteiger partial charge is 0.236 e. The standard InChI is InChI=1S/C15H10Cl2N2OS3/c16-9-1-3-10(4-2-9)21-8-14(20)19-15-18-11(7-22-15)12-5-6-13(17)23-12/h1-7H,8H2,(H,18,19,20). The molecule has 0 saturated carbocycles. The zero-order chi connectivity index (χ0) is 16.2. The van der Waals surface area contributed by atoms with Gasteiger partial charge in [0.1, 0.15) is 0 Å². The maximum Gasteiger partial charge on any atom is 0.236 e. The van der Waals surface area contributed by atoms with E-state index in [0.717, 1.165) is 19.8 Å². The first-order valence-electron chi connectivity index (χ1n) is 6.49. The lowest BCUT2D eigenvalue weighted by Crippen LogP contribution is -2.13. The fourth-order valence-corrected chi connectivity index (χ4v) is 4.36. The molecule has 0 unspecified atom stereocenters. The van der Waals surface area contributed by atoms with Crippen LogP contribution in [0.15, 0.2) is 46.7 Å². The molecule has 0 aliphatic carbocycles. The van der Waals surface area contributed by atoms with Crippen LogP contribution >= 0.6 is 57.6 Å². The largest absolute Gasteiger partial charge is 0.301 e. The van der Waals surface area contributed by atoms with Gasteiger partial charge in [0.15, 0.2) is 5.13 Å². The first kappa shape index (κ1) is 16.8. The fraction of sp³-hybridized carbons (Fsp3) is 0.0667. The third-order valence-corrected chi connectivity index (χ3v) is 6.04. The Kier molecular flexibility index (Phi) is 5.61. The van der Waals surface area contributed by atoms with Crippen molar-refractivity contribution < 1.29 is 4.79 Å². The summed E-state index contributed by atoms with van der Waals surface area (Å²) in [5, 5.41) is 5.99. The maximum absolute atomic E-state index is 12.0. The number of amides is 1. The van der Waals surface area contributed by atoms with E-state index < -0.39 is 0 Å². The highest BCUT2D eigenvalue weighted by Gasteiger charge is 2.10. The van der Waals surface area contributed by atoms with E-state index in [1.807, 2.05) is 29.6 Å². The zero-order valence-electron chi connectivity index (χ0n) is 11.6. The minimum Gasteiger partial charge on any atom is -0.301 e. The van der Waals surface area contributed by atoms with Gasteiger partial charge in [-0.25, -0.2) is 4.98 Å². The number of thioether (sulfide) groups is 1. The number of carbonyl (C=O) groups excluding carboxylic acids is 1. The second kappa shape index (κ2) is 7.68. The number of carbonyl (C=O) groups is 1. The molecule has 1 N–H and O–H groups in total. The topological polar surface area (TPSA) is 42.0 Å². The Bertz CT molecular complexity index is 814. The number of benzene rings is 1. The summed E-state index contributed by atoms with van der Waals surface area (Å²) in [7, 11) is 0. The Hall–Kier alpha value is -1.05. The van der Waals surface area contributed by atoms with Gasteiger partial charge in [-0.1, -0.05) is 23.2 Å². The van der Waals surface area contributed by atoms with Crippen molar-refractivity contribution in [2.24, 2.45) is 0 Å². The van der Waals surface area contributed by atoms with E-state index in [1.54, 1.807) is 12.1 Å². The first-order valence-corrected chi connectivity index (χ1v) is 9.93. The number of halogens is 2. The summed E-state index contributed by atoms with van der Waals surface area (Å²) in [6, 6.07) is 11.2. The molecule has 0 saturated heterocycles. The highest BCUT2D eigenvalue weighted by atomic mass is 35.5. The highest BCUT2D eigenvalue weighted by Crippen LogP contribution is 2.32. The lowest BCUT2D eigenvalue weighted by molar-refractivity contribution is -0.113. The van der Waals surface area contributed by atoms with Crippen LogP contribution in [0.4, 0.5) is 5.13 Å². The molecule has 0 radical (unpaired) electrons. The van der Waals surface area contributed by atoms with Gasteiger partial charge < -0.3 is 5.32 Å². The Labute approximate surface area is 155 Å². The van der Waals surface area contributed by atoms with Gasteiger partial charge in [-0.3, -0.25) is 4.79 Å². The van der Waals surface area contributed by atoms with Crippen LogP contribution in [0.25, 0.3) is 10.6 Å². The number of anilines is 1. The van der Waals surface area contributed by atoms with E-state index in [1.165, 1.54) is 34.4 Å². The quantitative estimate of drug-likeness (QED) is 0.541. The zero-order valence-corrected chi connectivity index (χ0v) is 15.5. The van der Waals surface area contributed by atoms with Crippen molar-refractivity contribution >= 4 is 68.7 Å². The number of thiophene rings is 1. The minimum atomic E-state index is -0.0879. The second-order valence-electron chi connectivity index (χ2n) is 4.43. The predicted molar refractivity (Wildman–Crippen MR) is 101 cm³/mol. The molecule has 0 atom stereocenters. The number of rotatable bonds is 5. The maximum atomic E-state index is 12.0. The van der Waals surface area contributed by atoms with Gasteiger partial charge in [-0.2, -0.15) is 0 Å². The van der Waals surface area contributed by atoms with Crippen LogP contribution in [0.2, 0.25) is 9.36 Å². The molecule has 2 aromatic heterocycles. The van der Waals surface area contributed by atoms with Crippen molar-refractivity contribution in [3.63, 3.8) is 0 Å². The molecule has 1 aromatic carbocycles. The van der Waals surface area contributed by atoms with Crippen molar-refractivity contribution in [3.05, 3.63) is 51.1 Å². The summed E-state index contributed by atoms with van der Waals surface area (Å²) in [6.45, 7) is 0. The molecule has 23 heavy (non-hydrogen) atoms. The number of thiazole rings is 1. The lowest BCUT2D eigenvalue weighted by Gasteiger charge is -2.02. The molecule has 3 nitrogen and oxygen atoms in total. The van der Waals surface area contributed by atoms with Gasteiger partial charge in [-0.05, 0) is 36.4 Å². The van der Waals surface area contributed by atoms with Gasteiger partial charge in [0, 0.05) is 15.3 Å². The summed E-state index contributed by atoms with van der Waals surface area (Å²) in [5.74, 6) is 0.233. The average molecular weight is 401 g/mol. The average Bonchev–Trinajstić information content (AvgIpc) is 3.16. The predicted octanol–water partition coefficient (Wildman–Crippen LogP) is 5.91. The number of hydrogen-bond acceptors (Lipinski definition) is 5. The Morgan fingerprint density at radius 1 is 1.17 bits per heavy atom. The van der Waals surface area contributed by atoms with E-state index >= 15 is 0 Å². The monoisotopic (exact) mass is 400 g/mol. The Morgan fingerprint density at radius 3 is 2.65 bits per heavy atom. The van der Waals surface area contributed by atoms with Crippen molar-refractivity contribution in [1.29, 1.82) is 0 Å². The molecule has 8 heteroatoms. The van der Waals surface area contributed by atoms with Crippen LogP contribution in [-0.4, -0.2) is 16.6 Å². The number of aromatic nitrogens is 1. The van der Waals surface area contributed by atoms with Gasteiger partial charge in [0.25, 0.3) is 0 Å². The van der Waals surface area contributed by atoms with E-state index in [4.69, 9.17) is 23.2 Å². The number of nitrogens with one attached hydrogen (secondary N) is 1. The van der Waals surface area contributed by atoms with Crippen LogP contribution in [0.3, 0.4) is 0 Å². The van der Waals surface area contributed by atoms with Crippen molar-refractivity contribution in [2.45, 2.75) is 4.90 Å². The fourth-order valence-electron chi connectivity index (χ4n) is 1.73. The molecule has 0 spiro atoms. The van der Waals surface area contributed by atoms with Crippen LogP contribution in [0.1, 0.15) is 0 Å². The summed E-state index contributed by atoms with van der Waals surface area (Å²) in [4.78, 5) is 18.4. The molecule has 2 heterocycles. The molecule has 0 bridgehead atoms. The Morgan fingerprint density at radius 2 is 1.96 bits per heavy atom. The SMILES string of the molecule is O=C(CSc1ccc(Cl)cc1)Nc1nc(-c2ccc(Cl)s2)cs1. The van der Waals surface area contributed by atoms with Crippen LogP contribution < -0.4 is 5.32 Å². The minimum absolute atomic E-state index is 0.0879. The number of nitrogens with zero attached hydrogens (tertiary/aromatic N) is 1. The van der Waals surface area contributed by atoms with Crippen molar-refractivity contribution in [1.82, 2.24) is 4.98 Å². The van der Waals surface area contributed by atoms with Gasteiger partial charge >= 0.3 is 0 Å². The van der Waals surface area contributed by atoms with Crippen LogP contribution in [0, 0.1) is 0 Å². The third kappa shape index (κ3) is 4.71. The second-order valence-corrected chi connectivity index (χ2v) is 8.49. The molecular weight excluding hydrogens is 391 g/mol. The van der Waals surface area contributed by atoms with Crippen molar-refractivity contribution in [3.8, 4) is 10.6 Å². The van der Waals surface area contributed by atoms with Crippen molar-refractivity contribution in [2.75, 3.05) is 11.1 Å². The normalized spacial score (nSPS) is 10.7. The van der Waals surface area contributed by atoms with Crippen LogP contribution in [0.5, 0.6) is 0 Å². The van der Waals surface area contributed by atoms with E-state index in [2.05, 4.69) is 10.3 Å². The summed E-state index contributed by atoms with van der Waals surface area (Å²) in [6.07, 6.45) is 0. The highest BCUT2D eigenvalue weighted by molar-refractivity contribution is 8.00. The van der Waals surface area contributed by atoms with Gasteiger partial charge in [-0.15, -0.1) is 34.4 Å². The number of hydrogen-bond donors (Lipinski definition) is 1. The molecule has 0 fully saturated rings. The van der Waals surface area contributed by atoms with Gasteiger partial charge in [0.2, 0.25) is 5.91 Å². The summed E-state index contributed by atoms with van der Waals surface area (Å²) in [5.41, 5.74) is 0.826.